The van der Waals surface area contributed by atoms with Crippen LogP contribution in [0.25, 0.3) is 0 Å². The second-order valence-corrected chi connectivity index (χ2v) is 5.87. The Labute approximate surface area is 151 Å². The van der Waals surface area contributed by atoms with Gasteiger partial charge in [0.2, 0.25) is 0 Å². The van der Waals surface area contributed by atoms with Crippen molar-refractivity contribution in [3.63, 3.8) is 0 Å². The number of amides is 1. The normalized spacial score (nSPS) is 11.5. The summed E-state index contributed by atoms with van der Waals surface area (Å²) >= 11 is 6.03. The van der Waals surface area contributed by atoms with Crippen LogP contribution >= 0.6 is 11.6 Å². The first-order valence-electron chi connectivity index (χ1n) is 7.91. The maximum atomic E-state index is 12.2. The number of carbonyl (C=O) groups is 2. The molecule has 0 aliphatic heterocycles. The van der Waals surface area contributed by atoms with Gasteiger partial charge in [0.15, 0.2) is 6.10 Å². The van der Waals surface area contributed by atoms with Crippen molar-refractivity contribution in [2.45, 2.75) is 26.9 Å². The number of halogens is 1. The molecule has 2 rings (SSSR count). The predicted molar refractivity (Wildman–Crippen MR) is 97.3 cm³/mol. The van der Waals surface area contributed by atoms with E-state index < -0.39 is 18.0 Å². The molecule has 6 heteroatoms. The van der Waals surface area contributed by atoms with Crippen molar-refractivity contribution in [3.05, 3.63) is 58.6 Å². The third kappa shape index (κ3) is 5.22. The van der Waals surface area contributed by atoms with Crippen LogP contribution < -0.4 is 10.1 Å². The Morgan fingerprint density at radius 2 is 1.84 bits per heavy atom. The molecular formula is C19H20ClNO4. The fourth-order valence-corrected chi connectivity index (χ4v) is 2.23. The van der Waals surface area contributed by atoms with Crippen LogP contribution in [0.2, 0.25) is 5.02 Å². The molecule has 132 valence electrons. The summed E-state index contributed by atoms with van der Waals surface area (Å²) < 4.78 is 10.5. The van der Waals surface area contributed by atoms with E-state index in [4.69, 9.17) is 21.1 Å². The quantitative estimate of drug-likeness (QED) is 0.782. The van der Waals surface area contributed by atoms with Gasteiger partial charge < -0.3 is 14.8 Å². The van der Waals surface area contributed by atoms with Crippen molar-refractivity contribution in [2.75, 3.05) is 11.9 Å². The molecule has 0 unspecified atom stereocenters. The number of esters is 1. The molecular weight excluding hydrogens is 342 g/mol. The minimum Gasteiger partial charge on any atom is -0.494 e. The average Bonchev–Trinajstić information content (AvgIpc) is 2.59. The number of benzene rings is 2. The first-order valence-corrected chi connectivity index (χ1v) is 8.29. The molecule has 5 nitrogen and oxygen atoms in total. The van der Waals surface area contributed by atoms with E-state index in [9.17, 15) is 9.59 Å². The van der Waals surface area contributed by atoms with Crippen LogP contribution in [-0.2, 0) is 9.53 Å². The molecule has 0 aliphatic carbocycles. The largest absolute Gasteiger partial charge is 0.494 e. The van der Waals surface area contributed by atoms with Crippen LogP contribution in [0.4, 0.5) is 5.69 Å². The Morgan fingerprint density at radius 3 is 2.44 bits per heavy atom. The van der Waals surface area contributed by atoms with E-state index in [1.54, 1.807) is 42.5 Å². The van der Waals surface area contributed by atoms with E-state index in [-0.39, 0.29) is 0 Å². The number of anilines is 1. The lowest BCUT2D eigenvalue weighted by atomic mass is 10.2. The van der Waals surface area contributed by atoms with Gasteiger partial charge in [-0.3, -0.25) is 4.79 Å². The van der Waals surface area contributed by atoms with Crippen molar-refractivity contribution >= 4 is 29.2 Å². The summed E-state index contributed by atoms with van der Waals surface area (Å²) in [7, 11) is 0. The van der Waals surface area contributed by atoms with E-state index in [1.165, 1.54) is 6.92 Å². The van der Waals surface area contributed by atoms with Gasteiger partial charge in [0.1, 0.15) is 5.75 Å². The van der Waals surface area contributed by atoms with E-state index >= 15 is 0 Å². The van der Waals surface area contributed by atoms with Gasteiger partial charge in [0.25, 0.3) is 5.91 Å². The van der Waals surface area contributed by atoms with E-state index in [2.05, 4.69) is 5.32 Å². The first kappa shape index (κ1) is 18.8. The molecule has 0 spiro atoms. The summed E-state index contributed by atoms with van der Waals surface area (Å²) in [5.74, 6) is -0.340. The van der Waals surface area contributed by atoms with Crippen molar-refractivity contribution in [1.82, 2.24) is 0 Å². The highest BCUT2D eigenvalue weighted by Gasteiger charge is 2.19. The SMILES string of the molecule is CCOc1ccc(C(=O)O[C@@H](C)C(=O)Nc2ccc(C)c(Cl)c2)cc1. The van der Waals surface area contributed by atoms with Crippen LogP contribution in [-0.4, -0.2) is 24.6 Å². The molecule has 1 amide bonds. The minimum atomic E-state index is -0.945. The number of rotatable bonds is 6. The molecule has 0 fully saturated rings. The fourth-order valence-electron chi connectivity index (χ4n) is 2.05. The fraction of sp³-hybridized carbons (Fsp3) is 0.263. The monoisotopic (exact) mass is 361 g/mol. The molecule has 2 aromatic carbocycles. The van der Waals surface area contributed by atoms with Gasteiger partial charge in [-0.2, -0.15) is 0 Å². The number of hydrogen-bond donors (Lipinski definition) is 1. The summed E-state index contributed by atoms with van der Waals surface area (Å²) in [6.07, 6.45) is -0.945. The molecule has 2 aromatic rings. The summed E-state index contributed by atoms with van der Waals surface area (Å²) in [5, 5.41) is 3.22. The summed E-state index contributed by atoms with van der Waals surface area (Å²) in [6.45, 7) is 5.81. The maximum Gasteiger partial charge on any atom is 0.338 e. The summed E-state index contributed by atoms with van der Waals surface area (Å²) in [6, 6.07) is 11.7. The number of carbonyl (C=O) groups excluding carboxylic acids is 2. The Bertz CT molecular complexity index is 759. The van der Waals surface area contributed by atoms with Crippen LogP contribution in [0, 0.1) is 6.92 Å². The molecule has 0 radical (unpaired) electrons. The highest BCUT2D eigenvalue weighted by Crippen LogP contribution is 2.20. The van der Waals surface area contributed by atoms with Crippen molar-refractivity contribution in [2.24, 2.45) is 0 Å². The third-order valence-corrected chi connectivity index (χ3v) is 3.90. The number of aryl methyl sites for hydroxylation is 1. The Morgan fingerprint density at radius 1 is 1.16 bits per heavy atom. The zero-order chi connectivity index (χ0) is 18.4. The van der Waals surface area contributed by atoms with Crippen LogP contribution in [0.15, 0.2) is 42.5 Å². The topological polar surface area (TPSA) is 64.6 Å². The molecule has 0 saturated heterocycles. The second-order valence-electron chi connectivity index (χ2n) is 5.46. The highest BCUT2D eigenvalue weighted by molar-refractivity contribution is 6.31. The molecule has 0 bridgehead atoms. The van der Waals surface area contributed by atoms with Gasteiger partial charge >= 0.3 is 5.97 Å². The number of hydrogen-bond acceptors (Lipinski definition) is 4. The van der Waals surface area contributed by atoms with Gasteiger partial charge in [0, 0.05) is 10.7 Å². The van der Waals surface area contributed by atoms with Crippen molar-refractivity contribution in [3.8, 4) is 5.75 Å². The van der Waals surface area contributed by atoms with Crippen molar-refractivity contribution in [1.29, 1.82) is 0 Å². The summed E-state index contributed by atoms with van der Waals surface area (Å²) in [4.78, 5) is 24.3. The molecule has 0 heterocycles. The summed E-state index contributed by atoms with van der Waals surface area (Å²) in [5.41, 5.74) is 1.81. The minimum absolute atomic E-state index is 0.349. The van der Waals surface area contributed by atoms with E-state index in [0.717, 1.165) is 5.56 Å². The van der Waals surface area contributed by atoms with E-state index in [1.807, 2.05) is 13.8 Å². The second kappa shape index (κ2) is 8.53. The first-order chi connectivity index (χ1) is 11.9. The van der Waals surface area contributed by atoms with Gasteiger partial charge in [-0.05, 0) is 62.7 Å². The average molecular weight is 362 g/mol. The smallest absolute Gasteiger partial charge is 0.338 e. The Hall–Kier alpha value is -2.53. The van der Waals surface area contributed by atoms with Crippen LogP contribution in [0.3, 0.4) is 0 Å². The molecule has 0 saturated carbocycles. The number of nitrogens with one attached hydrogen (secondary N) is 1. The lowest BCUT2D eigenvalue weighted by Gasteiger charge is -2.14. The molecule has 1 N–H and O–H groups in total. The van der Waals surface area contributed by atoms with Gasteiger partial charge in [0.05, 0.1) is 12.2 Å². The van der Waals surface area contributed by atoms with E-state index in [0.29, 0.717) is 28.6 Å². The molecule has 0 aliphatic rings. The number of ether oxygens (including phenoxy) is 2. The van der Waals surface area contributed by atoms with Crippen molar-refractivity contribution < 1.29 is 19.1 Å². The molecule has 1 atom stereocenters. The standard InChI is InChI=1S/C19H20ClNO4/c1-4-24-16-9-6-14(7-10-16)19(23)25-13(3)18(22)21-15-8-5-12(2)17(20)11-15/h5-11,13H,4H2,1-3H3,(H,21,22)/t13-/m0/s1. The van der Waals surface area contributed by atoms with Crippen LogP contribution in [0.5, 0.6) is 5.75 Å². The Kier molecular flexibility index (Phi) is 6.42. The van der Waals surface area contributed by atoms with Gasteiger partial charge in [-0.15, -0.1) is 0 Å². The molecule has 25 heavy (non-hydrogen) atoms. The lowest BCUT2D eigenvalue weighted by molar-refractivity contribution is -0.123. The molecule has 0 aromatic heterocycles. The zero-order valence-corrected chi connectivity index (χ0v) is 15.1. The highest BCUT2D eigenvalue weighted by atomic mass is 35.5. The van der Waals surface area contributed by atoms with Gasteiger partial charge in [-0.25, -0.2) is 4.79 Å². The lowest BCUT2D eigenvalue weighted by Crippen LogP contribution is -2.30. The zero-order valence-electron chi connectivity index (χ0n) is 14.3. The predicted octanol–water partition coefficient (Wildman–Crippen LogP) is 4.23. The third-order valence-electron chi connectivity index (χ3n) is 3.49. The van der Waals surface area contributed by atoms with Crippen LogP contribution in [0.1, 0.15) is 29.8 Å². The maximum absolute atomic E-state index is 12.2. The Balaban J connectivity index is 1.95. The van der Waals surface area contributed by atoms with Gasteiger partial charge in [-0.1, -0.05) is 17.7 Å².